The zero-order valence-electron chi connectivity index (χ0n) is 14.7. The van der Waals surface area contributed by atoms with Crippen molar-refractivity contribution < 1.29 is 0 Å². The van der Waals surface area contributed by atoms with Crippen molar-refractivity contribution in [3.05, 3.63) is 89.6 Å². The second-order valence-electron chi connectivity index (χ2n) is 7.48. The summed E-state index contributed by atoms with van der Waals surface area (Å²) < 4.78 is 0. The van der Waals surface area contributed by atoms with E-state index in [0.29, 0.717) is 12.1 Å². The van der Waals surface area contributed by atoms with E-state index in [1.807, 2.05) is 0 Å². The molecule has 2 unspecified atom stereocenters. The number of fused-ring (bicyclic) bond motifs is 2. The number of hydrogen-bond acceptors (Lipinski definition) is 1. The van der Waals surface area contributed by atoms with Crippen molar-refractivity contribution in [2.24, 2.45) is 0 Å². The third kappa shape index (κ3) is 2.31. The van der Waals surface area contributed by atoms with E-state index in [-0.39, 0.29) is 5.41 Å². The van der Waals surface area contributed by atoms with Crippen LogP contribution in [0.4, 0.5) is 5.69 Å². The monoisotopic (exact) mass is 315 g/mol. The normalized spacial score (nSPS) is 24.5. The van der Waals surface area contributed by atoms with Gasteiger partial charge in [-0.2, -0.15) is 0 Å². The molecule has 4 rings (SSSR count). The smallest absolute Gasteiger partial charge is 0.0742 e. The average molecular weight is 315 g/mol. The Morgan fingerprint density at radius 3 is 1.88 bits per heavy atom. The van der Waals surface area contributed by atoms with E-state index in [4.69, 9.17) is 0 Å². The summed E-state index contributed by atoms with van der Waals surface area (Å²) in [6, 6.07) is 9.89. The first-order valence-electron chi connectivity index (χ1n) is 8.94. The summed E-state index contributed by atoms with van der Waals surface area (Å²) >= 11 is 0. The molecule has 0 fully saturated rings. The summed E-state index contributed by atoms with van der Waals surface area (Å²) in [7, 11) is 0. The lowest BCUT2D eigenvalue weighted by Crippen LogP contribution is -2.37. The standard InChI is InChI=1S/C23H25N/c1-4-23(2,3)17-13-15-18(16-14-17)24-21-11-7-5-9-19(21)20-10-6-8-12-22(20)24/h5-16,21-22H,4H2,1-3H3. The molecule has 0 amide bonds. The summed E-state index contributed by atoms with van der Waals surface area (Å²) in [5.74, 6) is 0. The van der Waals surface area contributed by atoms with Crippen LogP contribution in [-0.4, -0.2) is 12.1 Å². The lowest BCUT2D eigenvalue weighted by molar-refractivity contribution is 0.506. The lowest BCUT2D eigenvalue weighted by atomic mass is 9.82. The van der Waals surface area contributed by atoms with Gasteiger partial charge in [-0.3, -0.25) is 0 Å². The summed E-state index contributed by atoms with van der Waals surface area (Å²) in [6.07, 6.45) is 19.0. The molecule has 0 radical (unpaired) electrons. The largest absolute Gasteiger partial charge is 0.350 e. The van der Waals surface area contributed by atoms with Gasteiger partial charge in [0.2, 0.25) is 0 Å². The van der Waals surface area contributed by atoms with Crippen molar-refractivity contribution in [2.75, 3.05) is 4.90 Å². The second-order valence-corrected chi connectivity index (χ2v) is 7.48. The van der Waals surface area contributed by atoms with Crippen molar-refractivity contribution in [1.82, 2.24) is 0 Å². The predicted octanol–water partition coefficient (Wildman–Crippen LogP) is 5.48. The summed E-state index contributed by atoms with van der Waals surface area (Å²) in [5.41, 5.74) is 5.81. The zero-order valence-corrected chi connectivity index (χ0v) is 14.7. The second kappa shape index (κ2) is 5.66. The van der Waals surface area contributed by atoms with Crippen molar-refractivity contribution in [3.8, 4) is 0 Å². The first kappa shape index (κ1) is 15.3. The SMILES string of the molecule is CCC(C)(C)c1ccc(N2C3C=CC=CC3=C3C=CC=CC32)cc1. The number of anilines is 1. The molecular formula is C23H25N. The molecule has 1 aromatic carbocycles. The first-order chi connectivity index (χ1) is 11.6. The molecule has 0 saturated heterocycles. The molecule has 1 aromatic rings. The molecule has 1 aliphatic heterocycles. The Hall–Kier alpha value is -2.28. The Bertz CT molecular complexity index is 746. The third-order valence-electron chi connectivity index (χ3n) is 5.76. The van der Waals surface area contributed by atoms with Crippen LogP contribution in [0.25, 0.3) is 0 Å². The highest BCUT2D eigenvalue weighted by molar-refractivity contribution is 5.67. The molecule has 0 N–H and O–H groups in total. The maximum Gasteiger partial charge on any atom is 0.0742 e. The van der Waals surface area contributed by atoms with Gasteiger partial charge in [-0.15, -0.1) is 0 Å². The van der Waals surface area contributed by atoms with Gasteiger partial charge in [0, 0.05) is 5.69 Å². The molecule has 122 valence electrons. The van der Waals surface area contributed by atoms with Crippen LogP contribution in [0.5, 0.6) is 0 Å². The van der Waals surface area contributed by atoms with E-state index < -0.39 is 0 Å². The molecule has 0 aromatic heterocycles. The molecule has 0 spiro atoms. The van der Waals surface area contributed by atoms with Crippen LogP contribution in [0.1, 0.15) is 32.8 Å². The van der Waals surface area contributed by atoms with Crippen LogP contribution in [0.15, 0.2) is 84.0 Å². The maximum atomic E-state index is 2.54. The molecule has 24 heavy (non-hydrogen) atoms. The molecule has 1 heterocycles. The fourth-order valence-electron chi connectivity index (χ4n) is 3.86. The van der Waals surface area contributed by atoms with Gasteiger partial charge in [-0.1, -0.05) is 81.5 Å². The van der Waals surface area contributed by atoms with Crippen LogP contribution in [-0.2, 0) is 5.41 Å². The van der Waals surface area contributed by atoms with Crippen LogP contribution in [0.2, 0.25) is 0 Å². The van der Waals surface area contributed by atoms with Crippen LogP contribution < -0.4 is 4.90 Å². The van der Waals surface area contributed by atoms with Crippen LogP contribution in [0, 0.1) is 0 Å². The van der Waals surface area contributed by atoms with Crippen molar-refractivity contribution in [2.45, 2.75) is 44.7 Å². The third-order valence-corrected chi connectivity index (χ3v) is 5.76. The summed E-state index contributed by atoms with van der Waals surface area (Å²) in [5, 5.41) is 0. The van der Waals surface area contributed by atoms with Gasteiger partial charge >= 0.3 is 0 Å². The van der Waals surface area contributed by atoms with E-state index in [1.54, 1.807) is 0 Å². The Morgan fingerprint density at radius 1 is 0.833 bits per heavy atom. The highest BCUT2D eigenvalue weighted by Crippen LogP contribution is 2.40. The van der Waals surface area contributed by atoms with Gasteiger partial charge in [-0.25, -0.2) is 0 Å². The van der Waals surface area contributed by atoms with Gasteiger partial charge < -0.3 is 4.90 Å². The van der Waals surface area contributed by atoms with Gasteiger partial charge in [0.25, 0.3) is 0 Å². The van der Waals surface area contributed by atoms with Crippen LogP contribution >= 0.6 is 0 Å². The average Bonchev–Trinajstić information content (AvgIpc) is 2.96. The Morgan fingerprint density at radius 2 is 1.38 bits per heavy atom. The Labute approximate surface area is 145 Å². The molecular weight excluding hydrogens is 290 g/mol. The number of rotatable bonds is 3. The van der Waals surface area contributed by atoms with E-state index >= 15 is 0 Å². The molecule has 0 bridgehead atoms. The minimum Gasteiger partial charge on any atom is -0.350 e. The summed E-state index contributed by atoms with van der Waals surface area (Å²) in [4.78, 5) is 2.54. The number of allylic oxidation sites excluding steroid dienone is 4. The van der Waals surface area contributed by atoms with Crippen molar-refractivity contribution in [3.63, 3.8) is 0 Å². The van der Waals surface area contributed by atoms with E-state index in [2.05, 4.69) is 98.5 Å². The van der Waals surface area contributed by atoms with Gasteiger partial charge in [0.15, 0.2) is 0 Å². The Kier molecular flexibility index (Phi) is 3.60. The quantitative estimate of drug-likeness (QED) is 0.714. The van der Waals surface area contributed by atoms with Gasteiger partial charge in [0.05, 0.1) is 12.1 Å². The van der Waals surface area contributed by atoms with E-state index in [1.165, 1.54) is 22.4 Å². The number of nitrogens with zero attached hydrogens (tertiary/aromatic N) is 1. The highest BCUT2D eigenvalue weighted by atomic mass is 15.2. The number of hydrogen-bond donors (Lipinski definition) is 0. The van der Waals surface area contributed by atoms with E-state index in [9.17, 15) is 0 Å². The number of benzene rings is 1. The minimum atomic E-state index is 0.235. The molecule has 2 atom stereocenters. The molecule has 1 nitrogen and oxygen atoms in total. The van der Waals surface area contributed by atoms with Gasteiger partial charge in [0.1, 0.15) is 0 Å². The van der Waals surface area contributed by atoms with Gasteiger partial charge in [-0.05, 0) is 40.7 Å². The van der Waals surface area contributed by atoms with E-state index in [0.717, 1.165) is 6.42 Å². The van der Waals surface area contributed by atoms with Crippen molar-refractivity contribution in [1.29, 1.82) is 0 Å². The Balaban J connectivity index is 1.72. The molecule has 0 saturated carbocycles. The van der Waals surface area contributed by atoms with Crippen LogP contribution in [0.3, 0.4) is 0 Å². The lowest BCUT2D eigenvalue weighted by Gasteiger charge is -2.33. The predicted molar refractivity (Wildman–Crippen MR) is 103 cm³/mol. The zero-order chi connectivity index (χ0) is 16.7. The fourth-order valence-corrected chi connectivity index (χ4v) is 3.86. The molecule has 2 aliphatic carbocycles. The highest BCUT2D eigenvalue weighted by Gasteiger charge is 2.37. The molecule has 1 heteroatoms. The fraction of sp³-hybridized carbons (Fsp3) is 0.304. The topological polar surface area (TPSA) is 3.24 Å². The molecule has 3 aliphatic rings. The minimum absolute atomic E-state index is 0.235. The van der Waals surface area contributed by atoms with Crippen molar-refractivity contribution >= 4 is 5.69 Å². The summed E-state index contributed by atoms with van der Waals surface area (Å²) in [6.45, 7) is 6.90. The first-order valence-corrected chi connectivity index (χ1v) is 8.94. The maximum absolute atomic E-state index is 2.54.